The highest BCUT2D eigenvalue weighted by atomic mass is 16.4. The molecule has 1 aliphatic carbocycles. The van der Waals surface area contributed by atoms with Crippen molar-refractivity contribution in [3.63, 3.8) is 0 Å². The van der Waals surface area contributed by atoms with Crippen LogP contribution >= 0.6 is 0 Å². The van der Waals surface area contributed by atoms with Gasteiger partial charge in [0.25, 0.3) is 0 Å². The van der Waals surface area contributed by atoms with Crippen molar-refractivity contribution in [2.75, 3.05) is 10.6 Å². The van der Waals surface area contributed by atoms with Crippen molar-refractivity contribution in [3.05, 3.63) is 78.4 Å². The lowest BCUT2D eigenvalue weighted by Gasteiger charge is -2.17. The summed E-state index contributed by atoms with van der Waals surface area (Å²) in [6.07, 6.45) is 4.52. The Labute approximate surface area is 191 Å². The Morgan fingerprint density at radius 1 is 0.879 bits per heavy atom. The molecule has 1 aliphatic rings. The van der Waals surface area contributed by atoms with Gasteiger partial charge in [-0.1, -0.05) is 31.0 Å². The maximum absolute atomic E-state index is 12.3. The van der Waals surface area contributed by atoms with Crippen LogP contribution in [0.3, 0.4) is 0 Å². The maximum Gasteiger partial charge on any atom is 0.335 e. The van der Waals surface area contributed by atoms with Gasteiger partial charge >= 0.3 is 12.0 Å². The summed E-state index contributed by atoms with van der Waals surface area (Å²) in [4.78, 5) is 28.5. The summed E-state index contributed by atoms with van der Waals surface area (Å²) in [5.74, 6) is -0.141. The molecule has 3 N–H and O–H groups in total. The molecule has 3 aromatic carbocycles. The molecule has 7 nitrogen and oxygen atoms in total. The van der Waals surface area contributed by atoms with E-state index in [2.05, 4.69) is 15.2 Å². The number of carboxylic acids is 1. The summed E-state index contributed by atoms with van der Waals surface area (Å²) >= 11 is 0. The lowest BCUT2D eigenvalue weighted by Crippen LogP contribution is -2.19. The predicted octanol–water partition coefficient (Wildman–Crippen LogP) is 6.16. The van der Waals surface area contributed by atoms with E-state index in [0.717, 1.165) is 35.4 Å². The first-order chi connectivity index (χ1) is 16.1. The number of nitrogens with one attached hydrogen (secondary N) is 2. The van der Waals surface area contributed by atoms with Gasteiger partial charge in [0.1, 0.15) is 5.82 Å². The SMILES string of the molecule is O=C(Nc1ccccc1)Nc1ccc(-c2nc3cc(C(=O)O)ccc3n2C2CCCC2)cc1. The fourth-order valence-electron chi connectivity index (χ4n) is 4.49. The van der Waals surface area contributed by atoms with Gasteiger partial charge in [0.05, 0.1) is 16.6 Å². The first kappa shape index (κ1) is 20.8. The monoisotopic (exact) mass is 440 g/mol. The number of hydrogen-bond acceptors (Lipinski definition) is 3. The first-order valence-corrected chi connectivity index (χ1v) is 11.1. The van der Waals surface area contributed by atoms with Gasteiger partial charge in [0, 0.05) is 23.0 Å². The number of carbonyl (C=O) groups is 2. The van der Waals surface area contributed by atoms with Crippen molar-refractivity contribution in [2.24, 2.45) is 0 Å². The molecule has 7 heteroatoms. The van der Waals surface area contributed by atoms with E-state index in [0.29, 0.717) is 17.2 Å². The second-order valence-electron chi connectivity index (χ2n) is 8.27. The number of fused-ring (bicyclic) bond motifs is 1. The van der Waals surface area contributed by atoms with Crippen LogP contribution in [0, 0.1) is 0 Å². The largest absolute Gasteiger partial charge is 0.478 e. The molecule has 0 saturated heterocycles. The van der Waals surface area contributed by atoms with Crippen LogP contribution in [0.15, 0.2) is 72.8 Å². The Hall–Kier alpha value is -4.13. The van der Waals surface area contributed by atoms with Crippen LogP contribution in [-0.4, -0.2) is 26.7 Å². The topological polar surface area (TPSA) is 96.2 Å². The number of anilines is 2. The number of urea groups is 1. The number of amides is 2. The summed E-state index contributed by atoms with van der Waals surface area (Å²) in [5.41, 5.74) is 4.17. The molecule has 5 rings (SSSR count). The third-order valence-electron chi connectivity index (χ3n) is 6.06. The van der Waals surface area contributed by atoms with Gasteiger partial charge in [-0.15, -0.1) is 0 Å². The molecule has 1 fully saturated rings. The Morgan fingerprint density at radius 3 is 2.21 bits per heavy atom. The van der Waals surface area contributed by atoms with E-state index in [-0.39, 0.29) is 11.6 Å². The Kier molecular flexibility index (Phi) is 5.52. The number of aromatic nitrogens is 2. The lowest BCUT2D eigenvalue weighted by molar-refractivity contribution is 0.0697. The van der Waals surface area contributed by atoms with Crippen LogP contribution in [0.4, 0.5) is 16.2 Å². The van der Waals surface area contributed by atoms with E-state index in [4.69, 9.17) is 4.98 Å². The summed E-state index contributed by atoms with van der Waals surface area (Å²) in [7, 11) is 0. The quantitative estimate of drug-likeness (QED) is 0.346. The van der Waals surface area contributed by atoms with Crippen molar-refractivity contribution in [3.8, 4) is 11.4 Å². The Bertz CT molecular complexity index is 1310. The normalized spacial score (nSPS) is 13.8. The molecule has 0 radical (unpaired) electrons. The first-order valence-electron chi connectivity index (χ1n) is 11.1. The van der Waals surface area contributed by atoms with Gasteiger partial charge in [0.15, 0.2) is 0 Å². The van der Waals surface area contributed by atoms with E-state index >= 15 is 0 Å². The van der Waals surface area contributed by atoms with Crippen molar-refractivity contribution in [1.82, 2.24) is 9.55 Å². The van der Waals surface area contributed by atoms with Crippen LogP contribution in [0.2, 0.25) is 0 Å². The maximum atomic E-state index is 12.3. The third-order valence-corrected chi connectivity index (χ3v) is 6.06. The highest BCUT2D eigenvalue weighted by Gasteiger charge is 2.24. The summed E-state index contributed by atoms with van der Waals surface area (Å²) in [5, 5.41) is 15.0. The zero-order valence-corrected chi connectivity index (χ0v) is 18.0. The molecule has 4 aromatic rings. The second-order valence-corrected chi connectivity index (χ2v) is 8.27. The minimum Gasteiger partial charge on any atom is -0.478 e. The number of nitrogens with zero attached hydrogens (tertiary/aromatic N) is 2. The van der Waals surface area contributed by atoms with Crippen molar-refractivity contribution in [1.29, 1.82) is 0 Å². The smallest absolute Gasteiger partial charge is 0.335 e. The number of hydrogen-bond donors (Lipinski definition) is 3. The summed E-state index contributed by atoms with van der Waals surface area (Å²) < 4.78 is 2.25. The standard InChI is InChI=1S/C26H24N4O3/c31-25(32)18-12-15-23-22(16-18)29-24(30(23)21-8-4-5-9-21)17-10-13-20(14-11-17)28-26(33)27-19-6-2-1-3-7-19/h1-3,6-7,10-16,21H,4-5,8-9H2,(H,31,32)(H2,27,28,33). The molecular formula is C26H24N4O3. The molecule has 1 heterocycles. The number of imidazole rings is 1. The van der Waals surface area contributed by atoms with Crippen LogP contribution in [0.5, 0.6) is 0 Å². The number of benzene rings is 3. The number of carbonyl (C=O) groups excluding carboxylic acids is 1. The molecule has 0 aliphatic heterocycles. The van der Waals surface area contributed by atoms with Crippen LogP contribution < -0.4 is 10.6 Å². The molecule has 0 bridgehead atoms. The van der Waals surface area contributed by atoms with Gasteiger partial charge in [0.2, 0.25) is 0 Å². The minimum absolute atomic E-state index is 0.231. The molecular weight excluding hydrogens is 416 g/mol. The Balaban J connectivity index is 1.44. The van der Waals surface area contributed by atoms with Crippen LogP contribution in [0.1, 0.15) is 42.1 Å². The molecule has 33 heavy (non-hydrogen) atoms. The van der Waals surface area contributed by atoms with Crippen LogP contribution in [-0.2, 0) is 0 Å². The highest BCUT2D eigenvalue weighted by Crippen LogP contribution is 2.37. The minimum atomic E-state index is -0.960. The Morgan fingerprint density at radius 2 is 1.55 bits per heavy atom. The van der Waals surface area contributed by atoms with Gasteiger partial charge in [-0.2, -0.15) is 0 Å². The molecule has 1 aromatic heterocycles. The van der Waals surface area contributed by atoms with Gasteiger partial charge in [-0.05, 0) is 67.4 Å². The molecule has 166 valence electrons. The predicted molar refractivity (Wildman–Crippen MR) is 129 cm³/mol. The lowest BCUT2D eigenvalue weighted by atomic mass is 10.1. The van der Waals surface area contributed by atoms with E-state index in [1.165, 1.54) is 12.8 Å². The van der Waals surface area contributed by atoms with Gasteiger partial charge < -0.3 is 20.3 Å². The van der Waals surface area contributed by atoms with Gasteiger partial charge in [-0.3, -0.25) is 0 Å². The molecule has 0 unspecified atom stereocenters. The number of aromatic carboxylic acids is 1. The van der Waals surface area contributed by atoms with Gasteiger partial charge in [-0.25, -0.2) is 14.6 Å². The number of carboxylic acid groups (broad SMARTS) is 1. The third kappa shape index (κ3) is 4.30. The number of rotatable bonds is 5. The zero-order valence-electron chi connectivity index (χ0n) is 18.0. The number of para-hydroxylation sites is 1. The molecule has 0 spiro atoms. The molecule has 0 atom stereocenters. The molecule has 2 amide bonds. The second kappa shape index (κ2) is 8.78. The summed E-state index contributed by atoms with van der Waals surface area (Å²) in [6, 6.07) is 22.0. The summed E-state index contributed by atoms with van der Waals surface area (Å²) in [6.45, 7) is 0. The average Bonchev–Trinajstić information content (AvgIpc) is 3.47. The van der Waals surface area contributed by atoms with E-state index in [1.54, 1.807) is 12.1 Å². The zero-order chi connectivity index (χ0) is 22.8. The van der Waals surface area contributed by atoms with E-state index in [1.807, 2.05) is 60.7 Å². The van der Waals surface area contributed by atoms with Crippen molar-refractivity contribution >= 4 is 34.4 Å². The van der Waals surface area contributed by atoms with Crippen LogP contribution in [0.25, 0.3) is 22.4 Å². The highest BCUT2D eigenvalue weighted by molar-refractivity contribution is 6.00. The fraction of sp³-hybridized carbons (Fsp3) is 0.192. The van der Waals surface area contributed by atoms with Crippen molar-refractivity contribution in [2.45, 2.75) is 31.7 Å². The fourth-order valence-corrected chi connectivity index (χ4v) is 4.49. The van der Waals surface area contributed by atoms with E-state index < -0.39 is 5.97 Å². The van der Waals surface area contributed by atoms with Crippen molar-refractivity contribution < 1.29 is 14.7 Å². The molecule has 1 saturated carbocycles. The van der Waals surface area contributed by atoms with E-state index in [9.17, 15) is 14.7 Å². The average molecular weight is 441 g/mol.